The molecule has 1 amide bonds. The predicted octanol–water partition coefficient (Wildman–Crippen LogP) is 3.17. The number of aromatic amines is 1. The molecule has 3 N–H and O–H groups in total. The fourth-order valence-electron chi connectivity index (χ4n) is 4.93. The topological polar surface area (TPSA) is 139 Å². The van der Waals surface area contributed by atoms with Crippen molar-refractivity contribution in [2.75, 3.05) is 25.1 Å². The maximum atomic E-state index is 13.1. The van der Waals surface area contributed by atoms with Crippen molar-refractivity contribution in [1.29, 1.82) is 0 Å². The van der Waals surface area contributed by atoms with Crippen LogP contribution in [0.1, 0.15) is 59.7 Å². The summed E-state index contributed by atoms with van der Waals surface area (Å²) in [6, 6.07) is 8.62. The van der Waals surface area contributed by atoms with E-state index in [9.17, 15) is 4.79 Å². The molecule has 5 heterocycles. The smallest absolute Gasteiger partial charge is 0.273 e. The number of aryl methyl sites for hydroxylation is 1. The van der Waals surface area contributed by atoms with Crippen molar-refractivity contribution in [3.8, 4) is 11.3 Å². The minimum Gasteiger partial charge on any atom is -0.378 e. The van der Waals surface area contributed by atoms with Crippen LogP contribution in [0, 0.1) is 6.92 Å². The lowest BCUT2D eigenvalue weighted by Gasteiger charge is -2.36. The summed E-state index contributed by atoms with van der Waals surface area (Å²) in [6.07, 6.45) is 5.95. The number of nitrogens with one attached hydrogen (secondary N) is 3. The van der Waals surface area contributed by atoms with Crippen LogP contribution in [0.15, 0.2) is 42.9 Å². The molecule has 202 valence electrons. The van der Waals surface area contributed by atoms with Gasteiger partial charge in [-0.25, -0.2) is 14.6 Å². The number of fused-ring (bicyclic) bond motifs is 1. The minimum absolute atomic E-state index is 0.135. The molecule has 4 aromatic rings. The highest BCUT2D eigenvalue weighted by Crippen LogP contribution is 2.32. The number of amides is 1. The standard InChI is InChI=1S/C27H32N10O2/c1-16(2)37-13-25(34-35-37)26(38)30-23-7-9-36(20-14-39-15-20)12-19-10-18(4-5-21(19)23)22-6-8-28-27(31-22)32-24-11-29-33-17(24)3/h4-6,8,10-11,13,16,20,23H,7,9,12,14-15H2,1-3H3,(H,29,33)(H,30,38)(H,28,31,32)/t23-/m1/s1. The number of aromatic nitrogens is 7. The molecule has 12 nitrogen and oxygen atoms in total. The highest BCUT2D eigenvalue weighted by atomic mass is 16.5. The largest absolute Gasteiger partial charge is 0.378 e. The summed E-state index contributed by atoms with van der Waals surface area (Å²) in [7, 11) is 0. The number of carbonyl (C=O) groups excluding carboxylic acids is 1. The lowest BCUT2D eigenvalue weighted by atomic mass is 9.96. The van der Waals surface area contributed by atoms with Crippen LogP contribution in [-0.4, -0.2) is 71.8 Å². The van der Waals surface area contributed by atoms with Crippen molar-refractivity contribution in [3.05, 3.63) is 65.4 Å². The van der Waals surface area contributed by atoms with E-state index < -0.39 is 0 Å². The molecule has 1 fully saturated rings. The summed E-state index contributed by atoms with van der Waals surface area (Å²) < 4.78 is 7.18. The SMILES string of the molecule is Cc1[nH]ncc1Nc1nccc(-c2ccc3c(c2)CN(C2COC2)CC[C@H]3NC(=O)c2cn(C(C)C)nn2)n1. The van der Waals surface area contributed by atoms with Crippen LogP contribution in [0.3, 0.4) is 0 Å². The maximum Gasteiger partial charge on any atom is 0.273 e. The summed E-state index contributed by atoms with van der Waals surface area (Å²) >= 11 is 0. The van der Waals surface area contributed by atoms with Crippen LogP contribution in [0.4, 0.5) is 11.6 Å². The Balaban J connectivity index is 1.28. The molecule has 3 aromatic heterocycles. The molecule has 0 spiro atoms. The van der Waals surface area contributed by atoms with Gasteiger partial charge in [0.15, 0.2) is 5.69 Å². The predicted molar refractivity (Wildman–Crippen MR) is 144 cm³/mol. The van der Waals surface area contributed by atoms with Crippen molar-refractivity contribution in [2.24, 2.45) is 0 Å². The third-order valence-electron chi connectivity index (χ3n) is 7.34. The van der Waals surface area contributed by atoms with E-state index in [1.54, 1.807) is 23.3 Å². The Morgan fingerprint density at radius 3 is 2.82 bits per heavy atom. The molecular weight excluding hydrogens is 496 g/mol. The number of hydrogen-bond acceptors (Lipinski definition) is 9. The molecule has 0 aliphatic carbocycles. The van der Waals surface area contributed by atoms with E-state index in [4.69, 9.17) is 9.72 Å². The molecule has 1 saturated heterocycles. The number of benzene rings is 1. The lowest BCUT2D eigenvalue weighted by Crippen LogP contribution is -2.48. The zero-order valence-corrected chi connectivity index (χ0v) is 22.3. The fourth-order valence-corrected chi connectivity index (χ4v) is 4.93. The first kappa shape index (κ1) is 25.1. The first-order valence-corrected chi connectivity index (χ1v) is 13.2. The van der Waals surface area contributed by atoms with Crippen LogP contribution in [0.2, 0.25) is 0 Å². The van der Waals surface area contributed by atoms with Crippen molar-refractivity contribution >= 4 is 17.5 Å². The third kappa shape index (κ3) is 5.25. The number of ether oxygens (including phenoxy) is 1. The van der Waals surface area contributed by atoms with Gasteiger partial charge in [0, 0.05) is 30.9 Å². The van der Waals surface area contributed by atoms with E-state index in [0.29, 0.717) is 17.7 Å². The molecule has 0 radical (unpaired) electrons. The first-order valence-electron chi connectivity index (χ1n) is 13.2. The monoisotopic (exact) mass is 528 g/mol. The van der Waals surface area contributed by atoms with Crippen molar-refractivity contribution in [3.63, 3.8) is 0 Å². The van der Waals surface area contributed by atoms with Gasteiger partial charge in [-0.3, -0.25) is 14.8 Å². The van der Waals surface area contributed by atoms with E-state index >= 15 is 0 Å². The first-order chi connectivity index (χ1) is 18.9. The number of hydrogen-bond donors (Lipinski definition) is 3. The third-order valence-corrected chi connectivity index (χ3v) is 7.34. The van der Waals surface area contributed by atoms with Gasteiger partial charge < -0.3 is 15.4 Å². The van der Waals surface area contributed by atoms with Gasteiger partial charge in [0.1, 0.15) is 0 Å². The molecule has 1 aromatic carbocycles. The molecule has 39 heavy (non-hydrogen) atoms. The highest BCUT2D eigenvalue weighted by Gasteiger charge is 2.31. The van der Waals surface area contributed by atoms with Crippen LogP contribution >= 0.6 is 0 Å². The molecule has 0 saturated carbocycles. The van der Waals surface area contributed by atoms with Crippen LogP contribution in [0.5, 0.6) is 0 Å². The van der Waals surface area contributed by atoms with Gasteiger partial charge >= 0.3 is 0 Å². The number of H-pyrrole nitrogens is 1. The van der Waals surface area contributed by atoms with Gasteiger partial charge in [-0.2, -0.15) is 5.10 Å². The quantitative estimate of drug-likeness (QED) is 0.330. The fraction of sp³-hybridized carbons (Fsp3) is 0.407. The Bertz CT molecular complexity index is 1470. The second-order valence-corrected chi connectivity index (χ2v) is 10.4. The average Bonchev–Trinajstić information content (AvgIpc) is 3.51. The number of rotatable bonds is 7. The van der Waals surface area contributed by atoms with E-state index in [0.717, 1.165) is 66.5 Å². The number of carbonyl (C=O) groups is 1. The molecule has 6 rings (SSSR count). The summed E-state index contributed by atoms with van der Waals surface area (Å²) in [5.41, 5.74) is 6.13. The Hall–Kier alpha value is -4.16. The van der Waals surface area contributed by atoms with Crippen LogP contribution in [-0.2, 0) is 11.3 Å². The van der Waals surface area contributed by atoms with E-state index in [2.05, 4.69) is 59.2 Å². The van der Waals surface area contributed by atoms with Crippen molar-refractivity contribution in [1.82, 2.24) is 45.4 Å². The van der Waals surface area contributed by atoms with Gasteiger partial charge in [-0.15, -0.1) is 5.10 Å². The minimum atomic E-state index is -0.219. The average molecular weight is 529 g/mol. The summed E-state index contributed by atoms with van der Waals surface area (Å²) in [6.45, 7) is 9.04. The van der Waals surface area contributed by atoms with Gasteiger partial charge in [0.25, 0.3) is 5.91 Å². The Labute approximate surface area is 226 Å². The zero-order chi connectivity index (χ0) is 26.9. The van der Waals surface area contributed by atoms with E-state index in [1.165, 1.54) is 0 Å². The van der Waals surface area contributed by atoms with Gasteiger partial charge in [0.05, 0.1) is 54.8 Å². The highest BCUT2D eigenvalue weighted by molar-refractivity contribution is 5.92. The molecule has 0 bridgehead atoms. The van der Waals surface area contributed by atoms with E-state index in [1.807, 2.05) is 26.8 Å². The number of anilines is 2. The second-order valence-electron chi connectivity index (χ2n) is 10.4. The Morgan fingerprint density at radius 1 is 1.23 bits per heavy atom. The van der Waals surface area contributed by atoms with Gasteiger partial charge in [-0.05, 0) is 50.5 Å². The molecule has 2 aliphatic heterocycles. The van der Waals surface area contributed by atoms with Gasteiger partial charge in [-0.1, -0.05) is 17.3 Å². The summed E-state index contributed by atoms with van der Waals surface area (Å²) in [5, 5.41) is 21.6. The Morgan fingerprint density at radius 2 is 2.10 bits per heavy atom. The molecular formula is C27H32N10O2. The molecule has 1 atom stereocenters. The zero-order valence-electron chi connectivity index (χ0n) is 22.3. The summed E-state index contributed by atoms with van der Waals surface area (Å²) in [5.74, 6) is 0.281. The van der Waals surface area contributed by atoms with Gasteiger partial charge in [0.2, 0.25) is 5.95 Å². The lowest BCUT2D eigenvalue weighted by molar-refractivity contribution is -0.0678. The van der Waals surface area contributed by atoms with Crippen molar-refractivity contribution < 1.29 is 9.53 Å². The second kappa shape index (κ2) is 10.5. The van der Waals surface area contributed by atoms with Crippen LogP contribution in [0.25, 0.3) is 11.3 Å². The molecule has 0 unspecified atom stereocenters. The Kier molecular flexibility index (Phi) is 6.79. The maximum absolute atomic E-state index is 13.1. The van der Waals surface area contributed by atoms with Crippen LogP contribution < -0.4 is 10.6 Å². The summed E-state index contributed by atoms with van der Waals surface area (Å²) in [4.78, 5) is 24.7. The molecule has 12 heteroatoms. The van der Waals surface area contributed by atoms with E-state index in [-0.39, 0.29) is 18.0 Å². The number of nitrogens with zero attached hydrogens (tertiary/aromatic N) is 7. The molecule has 2 aliphatic rings. The van der Waals surface area contributed by atoms with Crippen molar-refractivity contribution in [2.45, 2.75) is 51.9 Å². The normalized spacial score (nSPS) is 17.9.